The van der Waals surface area contributed by atoms with Gasteiger partial charge in [-0.3, -0.25) is 4.90 Å². The van der Waals surface area contributed by atoms with Crippen molar-refractivity contribution in [2.75, 3.05) is 32.8 Å². The van der Waals surface area contributed by atoms with Crippen molar-refractivity contribution in [1.82, 2.24) is 10.2 Å². The average Bonchev–Trinajstić information content (AvgIpc) is 2.79. The van der Waals surface area contributed by atoms with Gasteiger partial charge in [-0.1, -0.05) is 31.4 Å². The van der Waals surface area contributed by atoms with Crippen molar-refractivity contribution in [2.45, 2.75) is 45.6 Å². The Kier molecular flexibility index (Phi) is 7.50. The Morgan fingerprint density at radius 1 is 1.27 bits per heavy atom. The van der Waals surface area contributed by atoms with Crippen LogP contribution in [0, 0.1) is 0 Å². The van der Waals surface area contributed by atoms with Gasteiger partial charge in [0, 0.05) is 36.3 Å². The number of hydrogen-bond donors (Lipinski definition) is 1. The molecule has 1 aromatic carbocycles. The van der Waals surface area contributed by atoms with E-state index in [1.54, 1.807) is 0 Å². The number of nitrogens with zero attached hydrogens (tertiary/aromatic N) is 1. The van der Waals surface area contributed by atoms with Gasteiger partial charge in [0.05, 0.1) is 6.61 Å². The predicted molar refractivity (Wildman–Crippen MR) is 93.9 cm³/mol. The van der Waals surface area contributed by atoms with Crippen molar-refractivity contribution in [1.29, 1.82) is 0 Å². The zero-order valence-electron chi connectivity index (χ0n) is 13.9. The first-order valence-electron chi connectivity index (χ1n) is 8.63. The molecule has 4 heteroatoms. The maximum absolute atomic E-state index is 6.28. The first kappa shape index (κ1) is 17.6. The highest BCUT2D eigenvalue weighted by Crippen LogP contribution is 2.35. The average molecular weight is 325 g/mol. The van der Waals surface area contributed by atoms with Gasteiger partial charge in [0.25, 0.3) is 0 Å². The molecule has 1 N–H and O–H groups in total. The highest BCUT2D eigenvalue weighted by molar-refractivity contribution is 6.30. The second kappa shape index (κ2) is 9.39. The molecule has 1 heterocycles. The Morgan fingerprint density at radius 2 is 2.14 bits per heavy atom. The molecular formula is C18H29ClN2O. The third kappa shape index (κ3) is 4.87. The van der Waals surface area contributed by atoms with Gasteiger partial charge >= 0.3 is 0 Å². The Hall–Kier alpha value is -0.770. The zero-order chi connectivity index (χ0) is 15.8. The maximum Gasteiger partial charge on any atom is 0.124 e. The lowest BCUT2D eigenvalue weighted by atomic mass is 9.98. The molecule has 1 unspecified atom stereocenters. The van der Waals surface area contributed by atoms with E-state index in [1.807, 2.05) is 19.1 Å². The fraction of sp³-hybridized carbons (Fsp3) is 0.667. The third-order valence-electron chi connectivity index (χ3n) is 4.28. The number of ether oxygens (including phenoxy) is 1. The molecule has 22 heavy (non-hydrogen) atoms. The summed E-state index contributed by atoms with van der Waals surface area (Å²) in [5.74, 6) is 0.991. The van der Waals surface area contributed by atoms with Gasteiger partial charge in [-0.15, -0.1) is 0 Å². The van der Waals surface area contributed by atoms with Gasteiger partial charge in [0.1, 0.15) is 5.75 Å². The number of unbranched alkanes of at least 4 members (excludes halogenated alkanes) is 1. The molecule has 2 rings (SSSR count). The number of rotatable bonds is 7. The van der Waals surface area contributed by atoms with E-state index in [-0.39, 0.29) is 0 Å². The van der Waals surface area contributed by atoms with Crippen LogP contribution in [0.3, 0.4) is 0 Å². The molecule has 3 nitrogen and oxygen atoms in total. The van der Waals surface area contributed by atoms with E-state index in [2.05, 4.69) is 23.2 Å². The molecule has 124 valence electrons. The van der Waals surface area contributed by atoms with Crippen LogP contribution in [-0.2, 0) is 0 Å². The molecule has 1 fully saturated rings. The van der Waals surface area contributed by atoms with Gasteiger partial charge in [-0.05, 0) is 44.5 Å². The van der Waals surface area contributed by atoms with E-state index in [0.717, 1.165) is 43.4 Å². The molecule has 0 amide bonds. The minimum atomic E-state index is 0.403. The minimum absolute atomic E-state index is 0.403. The Balaban J connectivity index is 2.28. The molecular weight excluding hydrogens is 296 g/mol. The molecule has 0 aromatic heterocycles. The van der Waals surface area contributed by atoms with E-state index < -0.39 is 0 Å². The van der Waals surface area contributed by atoms with E-state index in [0.29, 0.717) is 12.6 Å². The molecule has 1 aromatic rings. The van der Waals surface area contributed by atoms with Crippen molar-refractivity contribution in [3.63, 3.8) is 0 Å². The summed E-state index contributed by atoms with van der Waals surface area (Å²) in [5, 5.41) is 4.29. The van der Waals surface area contributed by atoms with Crippen LogP contribution in [0.5, 0.6) is 5.75 Å². The summed E-state index contributed by atoms with van der Waals surface area (Å²) in [7, 11) is 0. The Morgan fingerprint density at radius 3 is 2.91 bits per heavy atom. The van der Waals surface area contributed by atoms with Crippen LogP contribution in [0.1, 0.15) is 51.1 Å². The third-order valence-corrected chi connectivity index (χ3v) is 4.51. The Labute approximate surface area is 140 Å². The van der Waals surface area contributed by atoms with Gasteiger partial charge in [-0.2, -0.15) is 0 Å². The van der Waals surface area contributed by atoms with Crippen molar-refractivity contribution in [2.24, 2.45) is 0 Å². The topological polar surface area (TPSA) is 24.5 Å². The van der Waals surface area contributed by atoms with Crippen LogP contribution >= 0.6 is 11.6 Å². The second-order valence-corrected chi connectivity index (χ2v) is 6.35. The van der Waals surface area contributed by atoms with Crippen LogP contribution in [0.15, 0.2) is 18.2 Å². The van der Waals surface area contributed by atoms with Gasteiger partial charge in [0.15, 0.2) is 0 Å². The number of benzene rings is 1. The van der Waals surface area contributed by atoms with Crippen LogP contribution in [0.25, 0.3) is 0 Å². The monoisotopic (exact) mass is 324 g/mol. The summed E-state index contributed by atoms with van der Waals surface area (Å²) < 4.78 is 5.87. The lowest BCUT2D eigenvalue weighted by Crippen LogP contribution is -2.32. The summed E-state index contributed by atoms with van der Waals surface area (Å²) in [5.41, 5.74) is 1.25. The van der Waals surface area contributed by atoms with Crippen molar-refractivity contribution in [3.8, 4) is 5.75 Å². The molecule has 0 bridgehead atoms. The zero-order valence-corrected chi connectivity index (χ0v) is 14.7. The molecule has 1 atom stereocenters. The van der Waals surface area contributed by atoms with Crippen LogP contribution in [0.2, 0.25) is 5.02 Å². The number of halogens is 1. The largest absolute Gasteiger partial charge is 0.494 e. The predicted octanol–water partition coefficient (Wildman–Crippen LogP) is 4.27. The van der Waals surface area contributed by atoms with Gasteiger partial charge in [0.2, 0.25) is 0 Å². The normalized spacial score (nSPS) is 18.0. The Bertz CT molecular complexity index is 445. The number of hydrogen-bond acceptors (Lipinski definition) is 3. The lowest BCUT2D eigenvalue weighted by Gasteiger charge is -2.32. The smallest absolute Gasteiger partial charge is 0.124 e. The first-order chi connectivity index (χ1) is 10.8. The summed E-state index contributed by atoms with van der Waals surface area (Å²) in [4.78, 5) is 2.60. The van der Waals surface area contributed by atoms with Gasteiger partial charge < -0.3 is 10.1 Å². The minimum Gasteiger partial charge on any atom is -0.494 e. The van der Waals surface area contributed by atoms with E-state index in [4.69, 9.17) is 16.3 Å². The lowest BCUT2D eigenvalue weighted by molar-refractivity contribution is 0.191. The molecule has 0 radical (unpaired) electrons. The molecule has 1 aliphatic rings. The SMILES string of the molecule is CCCCC(c1cc(Cl)ccc1OCC)N1CCCNCC1. The highest BCUT2D eigenvalue weighted by atomic mass is 35.5. The second-order valence-electron chi connectivity index (χ2n) is 5.91. The number of nitrogens with one attached hydrogen (secondary N) is 1. The van der Waals surface area contributed by atoms with Crippen LogP contribution in [0.4, 0.5) is 0 Å². The van der Waals surface area contributed by atoms with E-state index in [9.17, 15) is 0 Å². The van der Waals surface area contributed by atoms with Crippen LogP contribution < -0.4 is 10.1 Å². The molecule has 0 saturated carbocycles. The molecule has 0 aliphatic carbocycles. The van der Waals surface area contributed by atoms with Gasteiger partial charge in [-0.25, -0.2) is 0 Å². The molecule has 1 saturated heterocycles. The standard InChI is InChI=1S/C18H29ClN2O/c1-3-5-7-17(21-12-6-10-20-11-13-21)16-14-15(19)8-9-18(16)22-4-2/h8-9,14,17,20H,3-7,10-13H2,1-2H3. The fourth-order valence-corrected chi connectivity index (χ4v) is 3.36. The van der Waals surface area contributed by atoms with Crippen molar-refractivity contribution in [3.05, 3.63) is 28.8 Å². The maximum atomic E-state index is 6.28. The summed E-state index contributed by atoms with van der Waals surface area (Å²) >= 11 is 6.28. The molecule has 1 aliphatic heterocycles. The molecule has 0 spiro atoms. The quantitative estimate of drug-likeness (QED) is 0.810. The fourth-order valence-electron chi connectivity index (χ4n) is 3.18. The summed E-state index contributed by atoms with van der Waals surface area (Å²) in [6, 6.07) is 6.46. The first-order valence-corrected chi connectivity index (χ1v) is 9.01. The summed E-state index contributed by atoms with van der Waals surface area (Å²) in [6.07, 6.45) is 4.81. The van der Waals surface area contributed by atoms with Crippen molar-refractivity contribution < 1.29 is 4.74 Å². The van der Waals surface area contributed by atoms with E-state index in [1.165, 1.54) is 24.8 Å². The summed E-state index contributed by atoms with van der Waals surface area (Å²) in [6.45, 7) is 9.39. The highest BCUT2D eigenvalue weighted by Gasteiger charge is 2.24. The van der Waals surface area contributed by atoms with E-state index >= 15 is 0 Å². The van der Waals surface area contributed by atoms with Crippen LogP contribution in [-0.4, -0.2) is 37.7 Å². The van der Waals surface area contributed by atoms with Crippen molar-refractivity contribution >= 4 is 11.6 Å².